The molecule has 2 aromatic heterocycles. The summed E-state index contributed by atoms with van der Waals surface area (Å²) in [5.74, 6) is 3.18. The number of furan rings is 1. The van der Waals surface area contributed by atoms with Crippen LogP contribution in [0.25, 0.3) is 11.3 Å². The molecule has 4 nitrogen and oxygen atoms in total. The number of oxazole rings is 1. The van der Waals surface area contributed by atoms with E-state index in [1.54, 1.807) is 12.5 Å². The van der Waals surface area contributed by atoms with E-state index in [1.807, 2.05) is 6.07 Å². The van der Waals surface area contributed by atoms with Crippen LogP contribution < -0.4 is 5.32 Å². The first-order chi connectivity index (χ1) is 9.20. The first-order valence-electron chi connectivity index (χ1n) is 6.92. The van der Waals surface area contributed by atoms with Crippen LogP contribution in [0.4, 0.5) is 0 Å². The fourth-order valence-electron chi connectivity index (χ4n) is 1.97. The molecule has 0 saturated heterocycles. The maximum atomic E-state index is 5.77. The van der Waals surface area contributed by atoms with Gasteiger partial charge in [-0.2, -0.15) is 0 Å². The van der Waals surface area contributed by atoms with Gasteiger partial charge in [0.1, 0.15) is 5.76 Å². The van der Waals surface area contributed by atoms with Crippen molar-refractivity contribution in [2.24, 2.45) is 5.92 Å². The zero-order valence-corrected chi connectivity index (χ0v) is 11.9. The van der Waals surface area contributed by atoms with Crippen LogP contribution in [-0.2, 0) is 12.8 Å². The summed E-state index contributed by atoms with van der Waals surface area (Å²) in [5, 5.41) is 3.38. The fourth-order valence-corrected chi connectivity index (χ4v) is 1.97. The van der Waals surface area contributed by atoms with Crippen LogP contribution in [0, 0.1) is 5.92 Å². The normalized spacial score (nSPS) is 11.4. The van der Waals surface area contributed by atoms with Gasteiger partial charge in [-0.3, -0.25) is 0 Å². The highest BCUT2D eigenvalue weighted by molar-refractivity contribution is 5.58. The Morgan fingerprint density at radius 2 is 2.21 bits per heavy atom. The Bertz CT molecular complexity index is 500. The lowest BCUT2D eigenvalue weighted by Crippen LogP contribution is -2.22. The molecule has 2 rings (SSSR count). The summed E-state index contributed by atoms with van der Waals surface area (Å²) in [7, 11) is 0. The molecule has 0 fully saturated rings. The van der Waals surface area contributed by atoms with Crippen molar-refractivity contribution in [2.45, 2.75) is 33.6 Å². The maximum absolute atomic E-state index is 5.77. The second-order valence-electron chi connectivity index (χ2n) is 5.08. The van der Waals surface area contributed by atoms with Crippen LogP contribution in [0.5, 0.6) is 0 Å². The second-order valence-corrected chi connectivity index (χ2v) is 5.08. The standard InChI is InChI=1S/C15H22N2O2/c1-4-13-12(6-8-18-13)14-10-17-15(19-14)5-7-16-9-11(2)3/h6,8,10-11,16H,4-5,7,9H2,1-3H3. The summed E-state index contributed by atoms with van der Waals surface area (Å²) in [6.07, 6.45) is 5.14. The minimum absolute atomic E-state index is 0.665. The van der Waals surface area contributed by atoms with E-state index in [2.05, 4.69) is 31.1 Å². The molecule has 2 heterocycles. The van der Waals surface area contributed by atoms with E-state index in [0.29, 0.717) is 5.92 Å². The number of hydrogen-bond acceptors (Lipinski definition) is 4. The van der Waals surface area contributed by atoms with Crippen LogP contribution >= 0.6 is 0 Å². The monoisotopic (exact) mass is 262 g/mol. The van der Waals surface area contributed by atoms with E-state index in [1.165, 1.54) is 0 Å². The number of nitrogens with zero attached hydrogens (tertiary/aromatic N) is 1. The van der Waals surface area contributed by atoms with Gasteiger partial charge in [0.2, 0.25) is 0 Å². The summed E-state index contributed by atoms with van der Waals surface area (Å²) in [6, 6.07) is 1.93. The van der Waals surface area contributed by atoms with E-state index in [9.17, 15) is 0 Å². The summed E-state index contributed by atoms with van der Waals surface area (Å²) in [6.45, 7) is 8.37. The molecular weight excluding hydrogens is 240 g/mol. The number of aromatic nitrogens is 1. The van der Waals surface area contributed by atoms with Crippen molar-refractivity contribution >= 4 is 0 Å². The molecule has 0 aliphatic carbocycles. The highest BCUT2D eigenvalue weighted by Gasteiger charge is 2.12. The van der Waals surface area contributed by atoms with Crippen LogP contribution in [0.1, 0.15) is 32.4 Å². The molecule has 0 unspecified atom stereocenters. The Morgan fingerprint density at radius 1 is 1.37 bits per heavy atom. The van der Waals surface area contributed by atoms with Crippen molar-refractivity contribution in [1.82, 2.24) is 10.3 Å². The minimum Gasteiger partial charge on any atom is -0.469 e. The molecule has 19 heavy (non-hydrogen) atoms. The highest BCUT2D eigenvalue weighted by Crippen LogP contribution is 2.25. The molecule has 2 aromatic rings. The number of hydrogen-bond donors (Lipinski definition) is 1. The molecule has 0 atom stereocenters. The zero-order valence-electron chi connectivity index (χ0n) is 11.9. The first-order valence-corrected chi connectivity index (χ1v) is 6.92. The topological polar surface area (TPSA) is 51.2 Å². The largest absolute Gasteiger partial charge is 0.469 e. The lowest BCUT2D eigenvalue weighted by Gasteiger charge is -2.05. The van der Waals surface area contributed by atoms with Gasteiger partial charge in [-0.1, -0.05) is 20.8 Å². The lowest BCUT2D eigenvalue weighted by atomic mass is 10.2. The fraction of sp³-hybridized carbons (Fsp3) is 0.533. The van der Waals surface area contributed by atoms with Gasteiger partial charge in [0.25, 0.3) is 0 Å². The molecule has 1 N–H and O–H groups in total. The van der Waals surface area contributed by atoms with E-state index in [4.69, 9.17) is 8.83 Å². The molecule has 4 heteroatoms. The van der Waals surface area contributed by atoms with Gasteiger partial charge in [0.05, 0.1) is 18.0 Å². The SMILES string of the molecule is CCc1occc1-c1cnc(CCNCC(C)C)o1. The van der Waals surface area contributed by atoms with Gasteiger partial charge in [-0.05, 0) is 18.5 Å². The van der Waals surface area contributed by atoms with E-state index < -0.39 is 0 Å². The Morgan fingerprint density at radius 3 is 2.95 bits per heavy atom. The van der Waals surface area contributed by atoms with Crippen molar-refractivity contribution < 1.29 is 8.83 Å². The average Bonchev–Trinajstić information content (AvgIpc) is 3.02. The third-order valence-electron chi connectivity index (χ3n) is 2.95. The first kappa shape index (κ1) is 13.9. The third kappa shape index (κ3) is 3.70. The van der Waals surface area contributed by atoms with Gasteiger partial charge in [0.15, 0.2) is 11.7 Å². The minimum atomic E-state index is 0.665. The summed E-state index contributed by atoms with van der Waals surface area (Å²) in [5.41, 5.74) is 1.01. The maximum Gasteiger partial charge on any atom is 0.196 e. The molecule has 0 bridgehead atoms. The van der Waals surface area contributed by atoms with Crippen LogP contribution in [0.2, 0.25) is 0 Å². The van der Waals surface area contributed by atoms with Gasteiger partial charge < -0.3 is 14.2 Å². The quantitative estimate of drug-likeness (QED) is 0.778. The molecule has 0 aromatic carbocycles. The Hall–Kier alpha value is -1.55. The van der Waals surface area contributed by atoms with Crippen LogP contribution in [0.3, 0.4) is 0 Å². The number of nitrogens with one attached hydrogen (secondary N) is 1. The van der Waals surface area contributed by atoms with Crippen molar-refractivity contribution in [3.05, 3.63) is 30.2 Å². The predicted octanol–water partition coefficient (Wildman–Crippen LogP) is 3.29. The molecule has 0 amide bonds. The summed E-state index contributed by atoms with van der Waals surface area (Å²) >= 11 is 0. The molecule has 0 saturated carbocycles. The van der Waals surface area contributed by atoms with Gasteiger partial charge in [-0.25, -0.2) is 4.98 Å². The number of rotatable bonds is 7. The average molecular weight is 262 g/mol. The second kappa shape index (κ2) is 6.57. The Kier molecular flexibility index (Phi) is 4.80. The molecule has 104 valence electrons. The molecule has 0 aliphatic rings. The zero-order chi connectivity index (χ0) is 13.7. The van der Waals surface area contributed by atoms with Crippen molar-refractivity contribution in [2.75, 3.05) is 13.1 Å². The van der Waals surface area contributed by atoms with Gasteiger partial charge in [-0.15, -0.1) is 0 Å². The van der Waals surface area contributed by atoms with Crippen molar-refractivity contribution in [3.63, 3.8) is 0 Å². The smallest absolute Gasteiger partial charge is 0.196 e. The van der Waals surface area contributed by atoms with Crippen LogP contribution in [0.15, 0.2) is 27.4 Å². The predicted molar refractivity (Wildman–Crippen MR) is 75.0 cm³/mol. The van der Waals surface area contributed by atoms with Crippen molar-refractivity contribution in [3.8, 4) is 11.3 Å². The molecular formula is C15H22N2O2. The third-order valence-corrected chi connectivity index (χ3v) is 2.95. The molecule has 0 spiro atoms. The van der Waals surface area contributed by atoms with E-state index >= 15 is 0 Å². The van der Waals surface area contributed by atoms with Crippen LogP contribution in [-0.4, -0.2) is 18.1 Å². The highest BCUT2D eigenvalue weighted by atomic mass is 16.4. The lowest BCUT2D eigenvalue weighted by molar-refractivity contribution is 0.479. The van der Waals surface area contributed by atoms with E-state index in [0.717, 1.165) is 48.9 Å². The Labute approximate surface area is 114 Å². The Balaban J connectivity index is 1.92. The summed E-state index contributed by atoms with van der Waals surface area (Å²) < 4.78 is 11.2. The molecule has 0 aliphatic heterocycles. The van der Waals surface area contributed by atoms with Gasteiger partial charge in [0, 0.05) is 19.4 Å². The van der Waals surface area contributed by atoms with E-state index in [-0.39, 0.29) is 0 Å². The summed E-state index contributed by atoms with van der Waals surface area (Å²) in [4.78, 5) is 4.32. The number of aryl methyl sites for hydroxylation is 1. The van der Waals surface area contributed by atoms with Gasteiger partial charge >= 0.3 is 0 Å². The van der Waals surface area contributed by atoms with Crippen molar-refractivity contribution in [1.29, 1.82) is 0 Å². The molecule has 0 radical (unpaired) electrons.